The molecule has 0 aliphatic carbocycles. The van der Waals surface area contributed by atoms with Crippen LogP contribution in [0.4, 0.5) is 0 Å². The van der Waals surface area contributed by atoms with Crippen molar-refractivity contribution in [1.29, 1.82) is 0 Å². The van der Waals surface area contributed by atoms with E-state index < -0.39 is 10.0 Å². The van der Waals surface area contributed by atoms with Gasteiger partial charge in [-0.1, -0.05) is 0 Å². The molecular formula is C10H17N3O3S. The quantitative estimate of drug-likeness (QED) is 0.789. The summed E-state index contributed by atoms with van der Waals surface area (Å²) in [4.78, 5) is 3.10. The lowest BCUT2D eigenvalue weighted by Crippen LogP contribution is -2.37. The highest BCUT2D eigenvalue weighted by atomic mass is 32.2. The Hall–Kier alpha value is -0.890. The third-order valence-electron chi connectivity index (χ3n) is 3.03. The molecule has 7 heteroatoms. The minimum Gasteiger partial charge on any atom is -0.380 e. The number of aromatic amines is 1. The summed E-state index contributed by atoms with van der Waals surface area (Å²) in [5.41, 5.74) is 6.15. The van der Waals surface area contributed by atoms with Crippen molar-refractivity contribution >= 4 is 10.0 Å². The van der Waals surface area contributed by atoms with E-state index in [1.165, 1.54) is 10.5 Å². The van der Waals surface area contributed by atoms with Gasteiger partial charge in [0.1, 0.15) is 0 Å². The number of sulfonamides is 1. The van der Waals surface area contributed by atoms with Gasteiger partial charge in [0.25, 0.3) is 0 Å². The number of aromatic nitrogens is 1. The van der Waals surface area contributed by atoms with Crippen LogP contribution < -0.4 is 5.73 Å². The standard InChI is InChI=1S/C10H17N3O3S/c1-13(9-2-3-16-7-9)17(14,15)10-4-8(5-11)12-6-10/h4,6,9,12H,2-3,5,7,11H2,1H3. The average Bonchev–Trinajstić information content (AvgIpc) is 2.98. The molecule has 1 fully saturated rings. The van der Waals surface area contributed by atoms with Crippen LogP contribution in [-0.4, -0.2) is 44.0 Å². The van der Waals surface area contributed by atoms with E-state index >= 15 is 0 Å². The van der Waals surface area contributed by atoms with Crippen molar-refractivity contribution in [1.82, 2.24) is 9.29 Å². The van der Waals surface area contributed by atoms with Gasteiger partial charge >= 0.3 is 0 Å². The van der Waals surface area contributed by atoms with Gasteiger partial charge in [0, 0.05) is 32.1 Å². The van der Waals surface area contributed by atoms with Gasteiger partial charge < -0.3 is 15.5 Å². The second kappa shape index (κ2) is 4.77. The normalized spacial score (nSPS) is 21.2. The molecule has 1 unspecified atom stereocenters. The predicted octanol–water partition coefficient (Wildman–Crippen LogP) is -0.117. The Labute approximate surface area is 101 Å². The molecule has 0 spiro atoms. The highest BCUT2D eigenvalue weighted by Crippen LogP contribution is 2.21. The molecule has 1 aliphatic rings. The zero-order chi connectivity index (χ0) is 12.5. The molecule has 3 N–H and O–H groups in total. The summed E-state index contributed by atoms with van der Waals surface area (Å²) in [5, 5.41) is 0. The molecule has 2 heterocycles. The van der Waals surface area contributed by atoms with Gasteiger partial charge in [0.05, 0.1) is 17.5 Å². The third-order valence-corrected chi connectivity index (χ3v) is 4.92. The van der Waals surface area contributed by atoms with Crippen molar-refractivity contribution in [3.05, 3.63) is 18.0 Å². The number of ether oxygens (including phenoxy) is 1. The largest absolute Gasteiger partial charge is 0.380 e. The van der Waals surface area contributed by atoms with E-state index in [0.717, 1.165) is 6.42 Å². The minimum absolute atomic E-state index is 0.0729. The Morgan fingerprint density at radius 1 is 1.65 bits per heavy atom. The fourth-order valence-corrected chi connectivity index (χ4v) is 3.25. The molecule has 1 aliphatic heterocycles. The van der Waals surface area contributed by atoms with E-state index in [4.69, 9.17) is 10.5 Å². The Bertz CT molecular complexity index is 477. The summed E-state index contributed by atoms with van der Waals surface area (Å²) in [5.74, 6) is 0. The van der Waals surface area contributed by atoms with Crippen molar-refractivity contribution in [2.24, 2.45) is 5.73 Å². The second-order valence-corrected chi connectivity index (χ2v) is 6.10. The van der Waals surface area contributed by atoms with Crippen LogP contribution in [0.15, 0.2) is 17.2 Å². The molecule has 0 bridgehead atoms. The highest BCUT2D eigenvalue weighted by Gasteiger charge is 2.31. The van der Waals surface area contributed by atoms with Crippen LogP contribution in [0.2, 0.25) is 0 Å². The SMILES string of the molecule is CN(C1CCOC1)S(=O)(=O)c1c[nH]c(CN)c1. The van der Waals surface area contributed by atoms with Crippen molar-refractivity contribution in [3.63, 3.8) is 0 Å². The highest BCUT2D eigenvalue weighted by molar-refractivity contribution is 7.89. The third kappa shape index (κ3) is 2.37. The number of nitrogens with zero attached hydrogens (tertiary/aromatic N) is 1. The molecule has 0 amide bonds. The van der Waals surface area contributed by atoms with Crippen LogP contribution in [0, 0.1) is 0 Å². The first kappa shape index (κ1) is 12.6. The number of nitrogens with one attached hydrogen (secondary N) is 1. The molecule has 0 radical (unpaired) electrons. The summed E-state index contributed by atoms with van der Waals surface area (Å²) in [7, 11) is -1.86. The van der Waals surface area contributed by atoms with Crippen LogP contribution in [0.25, 0.3) is 0 Å². The molecular weight excluding hydrogens is 242 g/mol. The number of likely N-dealkylation sites (N-methyl/N-ethyl adjacent to an activating group) is 1. The van der Waals surface area contributed by atoms with Gasteiger partial charge in [0.2, 0.25) is 10.0 Å². The molecule has 6 nitrogen and oxygen atoms in total. The lowest BCUT2D eigenvalue weighted by molar-refractivity contribution is 0.181. The number of rotatable bonds is 4. The van der Waals surface area contributed by atoms with Gasteiger partial charge in [-0.05, 0) is 12.5 Å². The predicted molar refractivity (Wildman–Crippen MR) is 62.9 cm³/mol. The first-order chi connectivity index (χ1) is 8.05. The summed E-state index contributed by atoms with van der Waals surface area (Å²) in [6.45, 7) is 1.38. The fraction of sp³-hybridized carbons (Fsp3) is 0.600. The summed E-state index contributed by atoms with van der Waals surface area (Å²) in [6, 6.07) is 1.50. The maximum absolute atomic E-state index is 12.3. The van der Waals surface area contributed by atoms with E-state index in [-0.39, 0.29) is 10.9 Å². The Kier molecular flexibility index (Phi) is 3.53. The van der Waals surface area contributed by atoms with E-state index in [9.17, 15) is 8.42 Å². The van der Waals surface area contributed by atoms with Crippen molar-refractivity contribution in [2.45, 2.75) is 23.9 Å². The molecule has 1 aromatic heterocycles. The van der Waals surface area contributed by atoms with Gasteiger partial charge in [-0.2, -0.15) is 4.31 Å². The van der Waals surface area contributed by atoms with Gasteiger partial charge in [0.15, 0.2) is 0 Å². The molecule has 1 atom stereocenters. The van der Waals surface area contributed by atoms with Crippen LogP contribution in [0.5, 0.6) is 0 Å². The fourth-order valence-electron chi connectivity index (χ4n) is 1.86. The maximum Gasteiger partial charge on any atom is 0.244 e. The molecule has 0 saturated carbocycles. The zero-order valence-corrected chi connectivity index (χ0v) is 10.5. The Morgan fingerprint density at radius 2 is 2.41 bits per heavy atom. The van der Waals surface area contributed by atoms with Crippen LogP contribution in [-0.2, 0) is 21.3 Å². The summed E-state index contributed by atoms with van der Waals surface area (Å²) in [6.07, 6.45) is 2.22. The molecule has 17 heavy (non-hydrogen) atoms. The zero-order valence-electron chi connectivity index (χ0n) is 9.72. The number of H-pyrrole nitrogens is 1. The van der Waals surface area contributed by atoms with E-state index in [1.807, 2.05) is 0 Å². The molecule has 0 aromatic carbocycles. The molecule has 1 saturated heterocycles. The first-order valence-corrected chi connectivity index (χ1v) is 6.93. The van der Waals surface area contributed by atoms with Gasteiger partial charge in [-0.15, -0.1) is 0 Å². The average molecular weight is 259 g/mol. The van der Waals surface area contributed by atoms with E-state index in [2.05, 4.69) is 4.98 Å². The summed E-state index contributed by atoms with van der Waals surface area (Å²) >= 11 is 0. The Balaban J connectivity index is 2.22. The van der Waals surface area contributed by atoms with E-state index in [0.29, 0.717) is 25.5 Å². The van der Waals surface area contributed by atoms with E-state index in [1.54, 1.807) is 13.1 Å². The van der Waals surface area contributed by atoms with Gasteiger partial charge in [-0.3, -0.25) is 0 Å². The minimum atomic E-state index is -3.45. The monoisotopic (exact) mass is 259 g/mol. The van der Waals surface area contributed by atoms with Gasteiger partial charge in [-0.25, -0.2) is 8.42 Å². The van der Waals surface area contributed by atoms with Crippen LogP contribution in [0.1, 0.15) is 12.1 Å². The maximum atomic E-state index is 12.3. The van der Waals surface area contributed by atoms with Crippen molar-refractivity contribution in [3.8, 4) is 0 Å². The van der Waals surface area contributed by atoms with Crippen LogP contribution >= 0.6 is 0 Å². The smallest absolute Gasteiger partial charge is 0.244 e. The number of hydrogen-bond acceptors (Lipinski definition) is 4. The van der Waals surface area contributed by atoms with Crippen molar-refractivity contribution in [2.75, 3.05) is 20.3 Å². The lowest BCUT2D eigenvalue weighted by atomic mass is 10.3. The summed E-state index contributed by atoms with van der Waals surface area (Å²) < 4.78 is 31.1. The topological polar surface area (TPSA) is 88.4 Å². The van der Waals surface area contributed by atoms with Crippen LogP contribution in [0.3, 0.4) is 0 Å². The lowest BCUT2D eigenvalue weighted by Gasteiger charge is -2.21. The molecule has 2 rings (SSSR count). The number of hydrogen-bond donors (Lipinski definition) is 2. The number of nitrogens with two attached hydrogens (primary N) is 1. The second-order valence-electron chi connectivity index (χ2n) is 4.10. The van der Waals surface area contributed by atoms with Crippen molar-refractivity contribution < 1.29 is 13.2 Å². The molecule has 96 valence electrons. The molecule has 1 aromatic rings. The first-order valence-electron chi connectivity index (χ1n) is 5.49. The Morgan fingerprint density at radius 3 is 2.94 bits per heavy atom.